The molecule has 1 N–H and O–H groups in total. The average Bonchev–Trinajstić information content (AvgIpc) is 2.60. The SMILES string of the molecule is CC(C(=O)O)C1CCc2cccnc21. The Morgan fingerprint density at radius 2 is 2.50 bits per heavy atom. The Kier molecular flexibility index (Phi) is 2.23. The predicted molar refractivity (Wildman–Crippen MR) is 52.1 cm³/mol. The number of pyridine rings is 1. The van der Waals surface area contributed by atoms with Gasteiger partial charge in [-0.25, -0.2) is 0 Å². The zero-order valence-corrected chi connectivity index (χ0v) is 8.10. The number of aliphatic carboxylic acids is 1. The first kappa shape index (κ1) is 9.19. The molecular formula is C11H13NO2. The minimum atomic E-state index is -0.728. The van der Waals surface area contributed by atoms with Gasteiger partial charge in [-0.3, -0.25) is 9.78 Å². The molecule has 0 saturated heterocycles. The molecule has 2 unspecified atom stereocenters. The first-order valence-corrected chi connectivity index (χ1v) is 4.86. The zero-order chi connectivity index (χ0) is 10.1. The molecule has 0 aliphatic heterocycles. The third kappa shape index (κ3) is 1.39. The fourth-order valence-corrected chi connectivity index (χ4v) is 2.10. The highest BCUT2D eigenvalue weighted by molar-refractivity contribution is 5.71. The van der Waals surface area contributed by atoms with Crippen molar-refractivity contribution in [3.8, 4) is 0 Å². The van der Waals surface area contributed by atoms with E-state index in [1.165, 1.54) is 5.56 Å². The van der Waals surface area contributed by atoms with Gasteiger partial charge in [0.25, 0.3) is 0 Å². The molecule has 1 heterocycles. The molecule has 0 amide bonds. The van der Waals surface area contributed by atoms with E-state index in [2.05, 4.69) is 4.98 Å². The van der Waals surface area contributed by atoms with Gasteiger partial charge in [-0.15, -0.1) is 0 Å². The highest BCUT2D eigenvalue weighted by Gasteiger charge is 2.31. The Labute approximate surface area is 82.8 Å². The van der Waals surface area contributed by atoms with Gasteiger partial charge in [0, 0.05) is 17.8 Å². The van der Waals surface area contributed by atoms with Crippen LogP contribution < -0.4 is 0 Å². The summed E-state index contributed by atoms with van der Waals surface area (Å²) in [6.45, 7) is 1.76. The molecule has 14 heavy (non-hydrogen) atoms. The summed E-state index contributed by atoms with van der Waals surface area (Å²) in [5.74, 6) is -0.955. The van der Waals surface area contributed by atoms with E-state index in [1.54, 1.807) is 13.1 Å². The van der Waals surface area contributed by atoms with Crippen LogP contribution in [0.4, 0.5) is 0 Å². The summed E-state index contributed by atoms with van der Waals surface area (Å²) in [5, 5.41) is 8.94. The fourth-order valence-electron chi connectivity index (χ4n) is 2.10. The maximum absolute atomic E-state index is 10.9. The molecule has 1 aliphatic carbocycles. The second kappa shape index (κ2) is 3.40. The van der Waals surface area contributed by atoms with Crippen LogP contribution in [0.15, 0.2) is 18.3 Å². The number of aryl methyl sites for hydroxylation is 1. The summed E-state index contributed by atoms with van der Waals surface area (Å²) in [6, 6.07) is 3.95. The van der Waals surface area contributed by atoms with Crippen LogP contribution >= 0.6 is 0 Å². The molecule has 0 spiro atoms. The quantitative estimate of drug-likeness (QED) is 0.775. The van der Waals surface area contributed by atoms with Crippen molar-refractivity contribution in [1.82, 2.24) is 4.98 Å². The Morgan fingerprint density at radius 1 is 1.71 bits per heavy atom. The van der Waals surface area contributed by atoms with E-state index in [9.17, 15) is 4.79 Å². The van der Waals surface area contributed by atoms with Gasteiger partial charge in [-0.1, -0.05) is 13.0 Å². The predicted octanol–water partition coefficient (Wildman–Crippen LogP) is 1.83. The molecule has 3 heteroatoms. The Hall–Kier alpha value is -1.38. The van der Waals surface area contributed by atoms with Crippen molar-refractivity contribution in [2.45, 2.75) is 25.7 Å². The van der Waals surface area contributed by atoms with Gasteiger partial charge in [0.1, 0.15) is 0 Å². The molecule has 0 bridgehead atoms. The molecular weight excluding hydrogens is 178 g/mol. The molecule has 0 saturated carbocycles. The van der Waals surface area contributed by atoms with Gasteiger partial charge in [0.15, 0.2) is 0 Å². The van der Waals surface area contributed by atoms with Gasteiger partial charge in [0.2, 0.25) is 0 Å². The van der Waals surface area contributed by atoms with E-state index in [-0.39, 0.29) is 11.8 Å². The van der Waals surface area contributed by atoms with Crippen LogP contribution in [0.3, 0.4) is 0 Å². The maximum Gasteiger partial charge on any atom is 0.306 e. The van der Waals surface area contributed by atoms with Gasteiger partial charge < -0.3 is 5.11 Å². The van der Waals surface area contributed by atoms with Crippen LogP contribution in [-0.2, 0) is 11.2 Å². The molecule has 1 aromatic rings. The largest absolute Gasteiger partial charge is 0.481 e. The van der Waals surface area contributed by atoms with E-state index in [1.807, 2.05) is 12.1 Å². The first-order chi connectivity index (χ1) is 6.70. The van der Waals surface area contributed by atoms with Gasteiger partial charge >= 0.3 is 5.97 Å². The van der Waals surface area contributed by atoms with Crippen molar-refractivity contribution in [2.24, 2.45) is 5.92 Å². The molecule has 0 radical (unpaired) electrons. The highest BCUT2D eigenvalue weighted by Crippen LogP contribution is 2.36. The van der Waals surface area contributed by atoms with E-state index in [0.29, 0.717) is 0 Å². The average molecular weight is 191 g/mol. The van der Waals surface area contributed by atoms with Crippen molar-refractivity contribution in [3.63, 3.8) is 0 Å². The molecule has 74 valence electrons. The molecule has 1 aliphatic rings. The number of carboxylic acids is 1. The van der Waals surface area contributed by atoms with Crippen LogP contribution in [-0.4, -0.2) is 16.1 Å². The lowest BCUT2D eigenvalue weighted by atomic mass is 9.92. The van der Waals surface area contributed by atoms with Crippen molar-refractivity contribution >= 4 is 5.97 Å². The van der Waals surface area contributed by atoms with Crippen molar-refractivity contribution in [2.75, 3.05) is 0 Å². The lowest BCUT2D eigenvalue weighted by Crippen LogP contribution is -2.17. The summed E-state index contributed by atoms with van der Waals surface area (Å²) in [6.07, 6.45) is 3.62. The standard InChI is InChI=1S/C11H13NO2/c1-7(11(13)14)9-5-4-8-3-2-6-12-10(8)9/h2-3,6-7,9H,4-5H2,1H3,(H,13,14). The lowest BCUT2D eigenvalue weighted by molar-refractivity contribution is -0.141. The molecule has 0 aromatic carbocycles. The summed E-state index contributed by atoms with van der Waals surface area (Å²) in [5.41, 5.74) is 2.20. The number of hydrogen-bond donors (Lipinski definition) is 1. The van der Waals surface area contributed by atoms with Crippen molar-refractivity contribution in [1.29, 1.82) is 0 Å². The monoisotopic (exact) mass is 191 g/mol. The molecule has 1 aromatic heterocycles. The van der Waals surface area contributed by atoms with Gasteiger partial charge in [-0.2, -0.15) is 0 Å². The number of hydrogen-bond acceptors (Lipinski definition) is 2. The Bertz CT molecular complexity index is 362. The number of nitrogens with zero attached hydrogens (tertiary/aromatic N) is 1. The van der Waals surface area contributed by atoms with Crippen LogP contribution in [0.5, 0.6) is 0 Å². The lowest BCUT2D eigenvalue weighted by Gasteiger charge is -2.14. The summed E-state index contributed by atoms with van der Waals surface area (Å²) >= 11 is 0. The summed E-state index contributed by atoms with van der Waals surface area (Å²) < 4.78 is 0. The smallest absolute Gasteiger partial charge is 0.306 e. The number of carbonyl (C=O) groups is 1. The number of rotatable bonds is 2. The van der Waals surface area contributed by atoms with Gasteiger partial charge in [0.05, 0.1) is 5.92 Å². The number of aromatic nitrogens is 1. The van der Waals surface area contributed by atoms with E-state index in [4.69, 9.17) is 5.11 Å². The van der Waals surface area contributed by atoms with Crippen LogP contribution in [0.1, 0.15) is 30.5 Å². The number of carboxylic acid groups (broad SMARTS) is 1. The third-order valence-electron chi connectivity index (χ3n) is 3.00. The minimum absolute atomic E-state index is 0.101. The third-order valence-corrected chi connectivity index (χ3v) is 3.00. The summed E-state index contributed by atoms with van der Waals surface area (Å²) in [7, 11) is 0. The topological polar surface area (TPSA) is 50.2 Å². The number of fused-ring (bicyclic) bond motifs is 1. The van der Waals surface area contributed by atoms with Crippen molar-refractivity contribution in [3.05, 3.63) is 29.6 Å². The summed E-state index contributed by atoms with van der Waals surface area (Å²) in [4.78, 5) is 15.1. The normalized spacial score (nSPS) is 21.6. The zero-order valence-electron chi connectivity index (χ0n) is 8.10. The second-order valence-corrected chi connectivity index (χ2v) is 3.82. The Morgan fingerprint density at radius 3 is 3.21 bits per heavy atom. The molecule has 3 nitrogen and oxygen atoms in total. The first-order valence-electron chi connectivity index (χ1n) is 4.86. The second-order valence-electron chi connectivity index (χ2n) is 3.82. The molecule has 2 atom stereocenters. The fraction of sp³-hybridized carbons (Fsp3) is 0.455. The van der Waals surface area contributed by atoms with Crippen molar-refractivity contribution < 1.29 is 9.90 Å². The van der Waals surface area contributed by atoms with Crippen LogP contribution in [0.25, 0.3) is 0 Å². The highest BCUT2D eigenvalue weighted by atomic mass is 16.4. The Balaban J connectivity index is 2.30. The van der Waals surface area contributed by atoms with Crippen LogP contribution in [0, 0.1) is 5.92 Å². The van der Waals surface area contributed by atoms with Crippen LogP contribution in [0.2, 0.25) is 0 Å². The van der Waals surface area contributed by atoms with Gasteiger partial charge in [-0.05, 0) is 24.5 Å². The maximum atomic E-state index is 10.9. The molecule has 2 rings (SSSR count). The minimum Gasteiger partial charge on any atom is -0.481 e. The van der Waals surface area contributed by atoms with E-state index in [0.717, 1.165) is 18.5 Å². The van der Waals surface area contributed by atoms with E-state index >= 15 is 0 Å². The van der Waals surface area contributed by atoms with E-state index < -0.39 is 5.97 Å². The molecule has 0 fully saturated rings.